The minimum absolute atomic E-state index is 0.00908. The van der Waals surface area contributed by atoms with E-state index in [0.29, 0.717) is 5.82 Å². The van der Waals surface area contributed by atoms with Gasteiger partial charge in [-0.3, -0.25) is 9.36 Å². The fourth-order valence-electron chi connectivity index (χ4n) is 2.11. The van der Waals surface area contributed by atoms with Crippen molar-refractivity contribution in [3.63, 3.8) is 0 Å². The van der Waals surface area contributed by atoms with Crippen LogP contribution in [0.5, 0.6) is 0 Å². The van der Waals surface area contributed by atoms with Crippen LogP contribution in [0.1, 0.15) is 19.9 Å². The normalized spacial score (nSPS) is 12.8. The van der Waals surface area contributed by atoms with Crippen LogP contribution in [0.2, 0.25) is 0 Å². The number of pyridine rings is 1. The Hall–Kier alpha value is -1.42. The number of nitrogen functional groups attached to an aromatic ring is 1. The second-order valence-electron chi connectivity index (χ2n) is 4.34. The maximum atomic E-state index is 12.4. The molecular weight excluding hydrogens is 244 g/mol. The number of aromatic nitrogens is 1. The van der Waals surface area contributed by atoms with E-state index in [2.05, 4.69) is 6.92 Å². The number of nitrogens with two attached hydrogens (primary N) is 1. The highest BCUT2D eigenvalue weighted by Gasteiger charge is 2.12. The zero-order valence-corrected chi connectivity index (χ0v) is 11.5. The third-order valence-electron chi connectivity index (χ3n) is 3.00. The first kappa shape index (κ1) is 13.0. The first-order chi connectivity index (χ1) is 8.65. The molecule has 0 saturated heterocycles. The third-order valence-corrected chi connectivity index (χ3v) is 4.12. The third kappa shape index (κ3) is 2.38. The smallest absolute Gasteiger partial charge is 0.260 e. The molecule has 2 N–H and O–H groups in total. The van der Waals surface area contributed by atoms with Crippen molar-refractivity contribution < 1.29 is 0 Å². The van der Waals surface area contributed by atoms with Gasteiger partial charge in [0.25, 0.3) is 5.56 Å². The molecule has 0 fully saturated rings. The number of rotatable bonds is 4. The highest BCUT2D eigenvalue weighted by Crippen LogP contribution is 2.19. The van der Waals surface area contributed by atoms with Crippen LogP contribution >= 0.6 is 11.8 Å². The van der Waals surface area contributed by atoms with E-state index in [-0.39, 0.29) is 11.6 Å². The van der Waals surface area contributed by atoms with E-state index >= 15 is 0 Å². The van der Waals surface area contributed by atoms with Crippen LogP contribution < -0.4 is 11.3 Å². The summed E-state index contributed by atoms with van der Waals surface area (Å²) in [5.41, 5.74) is 6.02. The van der Waals surface area contributed by atoms with Gasteiger partial charge in [0.05, 0.1) is 0 Å². The van der Waals surface area contributed by atoms with E-state index in [0.717, 1.165) is 22.3 Å². The maximum Gasteiger partial charge on any atom is 0.260 e. The Morgan fingerprint density at radius 3 is 2.83 bits per heavy atom. The number of fused-ring (bicyclic) bond motifs is 1. The molecule has 0 aliphatic heterocycles. The van der Waals surface area contributed by atoms with Crippen molar-refractivity contribution in [2.75, 3.05) is 17.2 Å². The van der Waals surface area contributed by atoms with Gasteiger partial charge in [0.2, 0.25) is 0 Å². The van der Waals surface area contributed by atoms with E-state index < -0.39 is 0 Å². The summed E-state index contributed by atoms with van der Waals surface area (Å²) < 4.78 is 1.70. The van der Waals surface area contributed by atoms with Gasteiger partial charge in [-0.15, -0.1) is 0 Å². The molecule has 0 aliphatic rings. The van der Waals surface area contributed by atoms with Gasteiger partial charge >= 0.3 is 0 Å². The molecule has 1 aromatic heterocycles. The second kappa shape index (κ2) is 5.48. The zero-order chi connectivity index (χ0) is 13.1. The van der Waals surface area contributed by atoms with Crippen LogP contribution in [0.25, 0.3) is 10.8 Å². The van der Waals surface area contributed by atoms with Crippen LogP contribution in [-0.2, 0) is 0 Å². The number of nitrogens with zero attached hydrogens (tertiary/aromatic N) is 1. The lowest BCUT2D eigenvalue weighted by Gasteiger charge is -2.18. The van der Waals surface area contributed by atoms with E-state index in [9.17, 15) is 4.79 Å². The molecule has 2 rings (SSSR count). The standard InChI is InChI=1S/C14H18N2OS/c1-3-18-9-10(2)16-13(15)8-11-6-4-5-7-12(11)14(16)17/h4-8,10H,3,9,15H2,1-2H3. The van der Waals surface area contributed by atoms with Crippen LogP contribution in [-0.4, -0.2) is 16.1 Å². The monoisotopic (exact) mass is 262 g/mol. The lowest BCUT2D eigenvalue weighted by Crippen LogP contribution is -2.27. The average molecular weight is 262 g/mol. The molecule has 0 radical (unpaired) electrons. The molecule has 2 aromatic rings. The van der Waals surface area contributed by atoms with E-state index in [4.69, 9.17) is 5.73 Å². The number of thioether (sulfide) groups is 1. The molecule has 1 unspecified atom stereocenters. The minimum Gasteiger partial charge on any atom is -0.385 e. The first-order valence-electron chi connectivity index (χ1n) is 6.12. The molecule has 18 heavy (non-hydrogen) atoms. The molecule has 4 heteroatoms. The van der Waals surface area contributed by atoms with Gasteiger partial charge in [0, 0.05) is 17.2 Å². The molecule has 96 valence electrons. The minimum atomic E-state index is 0.00908. The van der Waals surface area contributed by atoms with Crippen LogP contribution in [0, 0.1) is 0 Å². The SMILES string of the molecule is CCSCC(C)n1c(N)cc2ccccc2c1=O. The molecule has 0 spiro atoms. The lowest BCUT2D eigenvalue weighted by atomic mass is 10.1. The van der Waals surface area contributed by atoms with E-state index in [1.54, 1.807) is 4.57 Å². The van der Waals surface area contributed by atoms with Crippen molar-refractivity contribution in [3.05, 3.63) is 40.7 Å². The van der Waals surface area contributed by atoms with Gasteiger partial charge in [-0.25, -0.2) is 0 Å². The van der Waals surface area contributed by atoms with Crippen molar-refractivity contribution in [2.24, 2.45) is 0 Å². The molecule has 1 atom stereocenters. The summed E-state index contributed by atoms with van der Waals surface area (Å²) in [6.45, 7) is 4.15. The Labute approximate surface area is 111 Å². The van der Waals surface area contributed by atoms with Crippen molar-refractivity contribution in [2.45, 2.75) is 19.9 Å². The Bertz CT molecular complexity index is 606. The van der Waals surface area contributed by atoms with Crippen LogP contribution in [0.15, 0.2) is 35.1 Å². The molecule has 1 aromatic carbocycles. The average Bonchev–Trinajstić information content (AvgIpc) is 2.36. The Balaban J connectivity index is 2.54. The van der Waals surface area contributed by atoms with Gasteiger partial charge < -0.3 is 5.73 Å². The summed E-state index contributed by atoms with van der Waals surface area (Å²) in [6, 6.07) is 9.57. The molecule has 3 nitrogen and oxygen atoms in total. The predicted octanol–water partition coefficient (Wildman–Crippen LogP) is 2.90. The van der Waals surface area contributed by atoms with Crippen molar-refractivity contribution in [1.29, 1.82) is 0 Å². The number of hydrogen-bond acceptors (Lipinski definition) is 3. The van der Waals surface area contributed by atoms with Gasteiger partial charge in [-0.2, -0.15) is 11.8 Å². The summed E-state index contributed by atoms with van der Waals surface area (Å²) >= 11 is 1.82. The number of hydrogen-bond donors (Lipinski definition) is 1. The zero-order valence-electron chi connectivity index (χ0n) is 10.7. The summed E-state index contributed by atoms with van der Waals surface area (Å²) in [6.07, 6.45) is 0. The predicted molar refractivity (Wildman–Crippen MR) is 80.3 cm³/mol. The lowest BCUT2D eigenvalue weighted by molar-refractivity contribution is 0.600. The van der Waals surface area contributed by atoms with Gasteiger partial charge in [-0.05, 0) is 30.2 Å². The molecule has 0 aliphatic carbocycles. The summed E-state index contributed by atoms with van der Waals surface area (Å²) in [5, 5.41) is 1.65. The molecule has 0 bridgehead atoms. The fraction of sp³-hybridized carbons (Fsp3) is 0.357. The van der Waals surface area contributed by atoms with Crippen molar-refractivity contribution in [1.82, 2.24) is 4.57 Å². The molecule has 1 heterocycles. The van der Waals surface area contributed by atoms with Crippen LogP contribution in [0.3, 0.4) is 0 Å². The van der Waals surface area contributed by atoms with E-state index in [1.165, 1.54) is 0 Å². The Morgan fingerprint density at radius 2 is 2.11 bits per heavy atom. The van der Waals surface area contributed by atoms with Crippen molar-refractivity contribution >= 4 is 28.4 Å². The highest BCUT2D eigenvalue weighted by atomic mass is 32.2. The molecule has 0 saturated carbocycles. The number of benzene rings is 1. The van der Waals surface area contributed by atoms with Crippen LogP contribution in [0.4, 0.5) is 5.82 Å². The van der Waals surface area contributed by atoms with Crippen molar-refractivity contribution in [3.8, 4) is 0 Å². The maximum absolute atomic E-state index is 12.4. The molecular formula is C14H18N2OS. The summed E-state index contributed by atoms with van der Waals surface area (Å²) in [7, 11) is 0. The molecule has 0 amide bonds. The van der Waals surface area contributed by atoms with Gasteiger partial charge in [0.15, 0.2) is 0 Å². The quantitative estimate of drug-likeness (QED) is 0.921. The van der Waals surface area contributed by atoms with Gasteiger partial charge in [-0.1, -0.05) is 25.1 Å². The van der Waals surface area contributed by atoms with Gasteiger partial charge in [0.1, 0.15) is 5.82 Å². The Kier molecular flexibility index (Phi) is 3.97. The number of anilines is 1. The summed E-state index contributed by atoms with van der Waals surface area (Å²) in [4.78, 5) is 12.4. The second-order valence-corrected chi connectivity index (χ2v) is 5.66. The summed E-state index contributed by atoms with van der Waals surface area (Å²) in [5.74, 6) is 2.49. The fourth-order valence-corrected chi connectivity index (χ4v) is 2.84. The topological polar surface area (TPSA) is 48.0 Å². The first-order valence-corrected chi connectivity index (χ1v) is 7.28. The van der Waals surface area contributed by atoms with E-state index in [1.807, 2.05) is 49.0 Å². The highest BCUT2D eigenvalue weighted by molar-refractivity contribution is 7.99. The largest absolute Gasteiger partial charge is 0.385 e. The Morgan fingerprint density at radius 1 is 1.39 bits per heavy atom.